The summed E-state index contributed by atoms with van der Waals surface area (Å²) in [6.45, 7) is 0. The second kappa shape index (κ2) is 16.4. The van der Waals surface area contributed by atoms with Crippen molar-refractivity contribution in [3.05, 3.63) is 253 Å². The number of hydrogen-bond acceptors (Lipinski definition) is 8. The van der Waals surface area contributed by atoms with E-state index >= 15 is 0 Å². The maximum absolute atomic E-state index is 5.59. The van der Waals surface area contributed by atoms with Crippen molar-refractivity contribution in [1.29, 1.82) is 0 Å². The molecule has 5 heterocycles. The summed E-state index contributed by atoms with van der Waals surface area (Å²) in [5, 5.41) is 0. The van der Waals surface area contributed by atoms with Gasteiger partial charge in [-0.25, -0.2) is 19.9 Å². The van der Waals surface area contributed by atoms with Gasteiger partial charge in [0.1, 0.15) is 0 Å². The van der Waals surface area contributed by atoms with Gasteiger partial charge in [-0.15, -0.1) is 0 Å². The zero-order valence-electron chi connectivity index (χ0n) is 37.4. The lowest BCUT2D eigenvalue weighted by molar-refractivity contribution is 0.711. The Morgan fingerprint density at radius 1 is 0.343 bits per heavy atom. The molecule has 0 N–H and O–H groups in total. The number of aromatic nitrogens is 5. The molecular weight excluding hydrogens is 893 g/mol. The van der Waals surface area contributed by atoms with Crippen molar-refractivity contribution in [2.24, 2.45) is 0 Å². The van der Waals surface area contributed by atoms with Crippen molar-refractivity contribution in [3.63, 3.8) is 0 Å². The monoisotopic (exact) mass is 930 g/mol. The Hall–Kier alpha value is -8.43. The number of rotatable bonds is 6. The quantitative estimate of drug-likeness (QED) is 0.163. The van der Waals surface area contributed by atoms with E-state index in [9.17, 15) is 0 Å². The van der Waals surface area contributed by atoms with Gasteiger partial charge in [0.05, 0.1) is 38.8 Å². The van der Waals surface area contributed by atoms with Crippen LogP contribution in [0.25, 0.3) is 67.9 Å². The molecule has 3 aromatic heterocycles. The van der Waals surface area contributed by atoms with Crippen LogP contribution in [0.3, 0.4) is 0 Å². The molecule has 0 saturated heterocycles. The summed E-state index contributed by atoms with van der Waals surface area (Å²) in [5.74, 6) is 1.85. The molecule has 70 heavy (non-hydrogen) atoms. The van der Waals surface area contributed by atoms with Crippen LogP contribution in [0.15, 0.2) is 250 Å². The fourth-order valence-electron chi connectivity index (χ4n) is 10.5. The highest BCUT2D eigenvalue weighted by molar-refractivity contribution is 8.02. The zero-order chi connectivity index (χ0) is 46.2. The topological polar surface area (TPSA) is 67.7 Å². The number of anilines is 3. The molecule has 0 amide bonds. The molecule has 0 radical (unpaired) electrons. The fourth-order valence-corrected chi connectivity index (χ4v) is 13.1. The number of nitrogens with zero attached hydrogens (tertiary/aromatic N) is 6. The minimum absolute atomic E-state index is 0.598. The highest BCUT2D eigenvalue weighted by atomic mass is 32.2. The van der Waals surface area contributed by atoms with Crippen LogP contribution < -0.4 is 4.90 Å². The predicted molar refractivity (Wildman–Crippen MR) is 283 cm³/mol. The van der Waals surface area contributed by atoms with E-state index in [1.807, 2.05) is 90.4 Å². The van der Waals surface area contributed by atoms with Crippen LogP contribution in [0.2, 0.25) is 0 Å². The van der Waals surface area contributed by atoms with E-state index in [0.717, 1.165) is 61.8 Å². The molecule has 8 heteroatoms. The first kappa shape index (κ1) is 40.6. The lowest BCUT2D eigenvalue weighted by Crippen LogP contribution is -2.32. The first-order chi connectivity index (χ1) is 34.7. The van der Waals surface area contributed by atoms with E-state index in [-0.39, 0.29) is 0 Å². The second-order valence-corrected chi connectivity index (χ2v) is 19.7. The summed E-state index contributed by atoms with van der Waals surface area (Å²) < 4.78 is 0. The average Bonchev–Trinajstić information content (AvgIpc) is 3.73. The smallest absolute Gasteiger partial charge is 0.164 e. The van der Waals surface area contributed by atoms with Gasteiger partial charge in [-0.3, -0.25) is 4.98 Å². The molecule has 1 aliphatic carbocycles. The molecule has 11 aromatic rings. The molecule has 3 aliphatic rings. The van der Waals surface area contributed by atoms with Gasteiger partial charge in [-0.1, -0.05) is 193 Å². The minimum atomic E-state index is -0.666. The number of pyridine rings is 2. The summed E-state index contributed by atoms with van der Waals surface area (Å²) in [4.78, 5) is 33.2. The maximum Gasteiger partial charge on any atom is 0.164 e. The Bertz CT molecular complexity index is 3810. The SMILES string of the molecule is c1ccc(-c2cccc(N3c4ccccc4Sc4c3ccc3c4Sc4ccccc4C34c3cccnc3-c3nc(-c5cccc(-c6nc(-c7ccccc7)nc(-c7ccccc7)n6)c5)ccc34)c2)cc1. The van der Waals surface area contributed by atoms with Crippen molar-refractivity contribution >= 4 is 40.6 Å². The van der Waals surface area contributed by atoms with Gasteiger partial charge in [0.15, 0.2) is 17.5 Å². The van der Waals surface area contributed by atoms with E-state index in [1.165, 1.54) is 47.5 Å². The minimum Gasteiger partial charge on any atom is -0.308 e. The summed E-state index contributed by atoms with van der Waals surface area (Å²) in [6.07, 6.45) is 1.90. The van der Waals surface area contributed by atoms with Crippen molar-refractivity contribution < 1.29 is 0 Å². The van der Waals surface area contributed by atoms with Gasteiger partial charge in [-0.05, 0) is 88.0 Å². The Morgan fingerprint density at radius 3 is 1.69 bits per heavy atom. The maximum atomic E-state index is 5.59. The summed E-state index contributed by atoms with van der Waals surface area (Å²) >= 11 is 3.74. The van der Waals surface area contributed by atoms with E-state index in [1.54, 1.807) is 0 Å². The average molecular weight is 931 g/mol. The zero-order valence-corrected chi connectivity index (χ0v) is 39.1. The summed E-state index contributed by atoms with van der Waals surface area (Å²) in [7, 11) is 0. The Morgan fingerprint density at radius 2 is 0.914 bits per heavy atom. The predicted octanol–water partition coefficient (Wildman–Crippen LogP) is 15.8. The van der Waals surface area contributed by atoms with E-state index in [4.69, 9.17) is 24.9 Å². The Balaban J connectivity index is 0.926. The number of para-hydroxylation sites is 1. The largest absolute Gasteiger partial charge is 0.308 e. The summed E-state index contributed by atoms with van der Waals surface area (Å²) in [5.41, 5.74) is 16.2. The van der Waals surface area contributed by atoms with Crippen LogP contribution in [0.4, 0.5) is 17.1 Å². The molecule has 0 fully saturated rings. The molecule has 2 aliphatic heterocycles. The normalized spacial score (nSPS) is 14.8. The molecule has 6 nitrogen and oxygen atoms in total. The Labute approximate surface area is 413 Å². The van der Waals surface area contributed by atoms with Crippen molar-refractivity contribution in [2.75, 3.05) is 4.90 Å². The van der Waals surface area contributed by atoms with Crippen LogP contribution in [0.5, 0.6) is 0 Å². The van der Waals surface area contributed by atoms with E-state index in [2.05, 4.69) is 169 Å². The fraction of sp³-hybridized carbons (Fsp3) is 0.0161. The van der Waals surface area contributed by atoms with Gasteiger partial charge >= 0.3 is 0 Å². The van der Waals surface area contributed by atoms with Gasteiger partial charge in [0.2, 0.25) is 0 Å². The molecule has 1 atom stereocenters. The second-order valence-electron chi connectivity index (χ2n) is 17.6. The van der Waals surface area contributed by atoms with Crippen molar-refractivity contribution in [3.8, 4) is 67.9 Å². The summed E-state index contributed by atoms with van der Waals surface area (Å²) in [6, 6.07) is 79.4. The molecule has 328 valence electrons. The third-order valence-electron chi connectivity index (χ3n) is 13.6. The van der Waals surface area contributed by atoms with Crippen LogP contribution >= 0.6 is 23.5 Å². The third kappa shape index (κ3) is 6.41. The lowest BCUT2D eigenvalue weighted by atomic mass is 9.67. The molecule has 14 rings (SSSR count). The van der Waals surface area contributed by atoms with Crippen LogP contribution in [-0.4, -0.2) is 24.9 Å². The van der Waals surface area contributed by atoms with Gasteiger partial charge < -0.3 is 4.90 Å². The lowest BCUT2D eigenvalue weighted by Gasteiger charge is -2.42. The van der Waals surface area contributed by atoms with Gasteiger partial charge in [-0.2, -0.15) is 0 Å². The first-order valence-corrected chi connectivity index (χ1v) is 24.9. The van der Waals surface area contributed by atoms with E-state index < -0.39 is 5.41 Å². The Kier molecular flexibility index (Phi) is 9.50. The first-order valence-electron chi connectivity index (χ1n) is 23.3. The standard InChI is InChI=1S/C62H38N6S2/c1-4-17-39(18-5-1)42-23-15-26-45(38-42)68-51-29-11-13-31-54(51)70-58-52(68)35-33-49-57(58)69-53-30-12-10-27-46(53)62(49)47-28-16-36-63-55(47)56-48(62)32-34-50(64-56)43-24-14-25-44(37-43)61-66-59(40-19-6-2-7-20-40)65-60(67-61)41-21-8-3-9-22-41/h1-38H. The molecule has 0 bridgehead atoms. The van der Waals surface area contributed by atoms with Crippen molar-refractivity contribution in [1.82, 2.24) is 24.9 Å². The number of benzene rings is 8. The number of hydrogen-bond donors (Lipinski definition) is 0. The van der Waals surface area contributed by atoms with Crippen LogP contribution in [-0.2, 0) is 5.41 Å². The molecule has 8 aromatic carbocycles. The highest BCUT2D eigenvalue weighted by Crippen LogP contribution is 2.65. The van der Waals surface area contributed by atoms with Gasteiger partial charge in [0, 0.05) is 48.8 Å². The van der Waals surface area contributed by atoms with Gasteiger partial charge in [0.25, 0.3) is 0 Å². The van der Waals surface area contributed by atoms with Crippen LogP contribution in [0.1, 0.15) is 22.3 Å². The third-order valence-corrected chi connectivity index (χ3v) is 16.1. The molecular formula is C62H38N6S2. The molecule has 0 saturated carbocycles. The molecule has 1 unspecified atom stereocenters. The highest BCUT2D eigenvalue weighted by Gasteiger charge is 2.52. The number of fused-ring (bicyclic) bond motifs is 12. The van der Waals surface area contributed by atoms with E-state index in [0.29, 0.717) is 17.5 Å². The van der Waals surface area contributed by atoms with Crippen LogP contribution in [0, 0.1) is 0 Å². The molecule has 1 spiro atoms. The van der Waals surface area contributed by atoms with Crippen molar-refractivity contribution in [2.45, 2.75) is 25.0 Å².